The van der Waals surface area contributed by atoms with Crippen molar-refractivity contribution in [2.24, 2.45) is 0 Å². The molecule has 0 unspecified atom stereocenters. The van der Waals surface area contributed by atoms with Crippen LogP contribution in [0, 0.1) is 6.92 Å². The first-order valence-corrected chi connectivity index (χ1v) is 6.72. The molecule has 7 heteroatoms. The molecule has 0 saturated heterocycles. The average molecular weight is 267 g/mol. The topological polar surface area (TPSA) is 98.2 Å². The Hall–Kier alpha value is -1.86. The van der Waals surface area contributed by atoms with Crippen molar-refractivity contribution in [1.29, 1.82) is 0 Å². The minimum absolute atomic E-state index is 0.0144. The van der Waals surface area contributed by atoms with Crippen LogP contribution < -0.4 is 10.5 Å². The fourth-order valence-electron chi connectivity index (χ4n) is 1.37. The molecule has 0 aliphatic carbocycles. The molecule has 2 aromatic rings. The molecule has 0 radical (unpaired) electrons. The largest absolute Gasteiger partial charge is 0.445 e. The van der Waals surface area contributed by atoms with E-state index in [0.717, 1.165) is 0 Å². The lowest BCUT2D eigenvalue weighted by atomic mass is 10.3. The molecule has 1 heterocycles. The van der Waals surface area contributed by atoms with Crippen molar-refractivity contribution in [3.05, 3.63) is 42.1 Å². The van der Waals surface area contributed by atoms with Crippen molar-refractivity contribution in [1.82, 2.24) is 9.71 Å². The first-order chi connectivity index (χ1) is 8.47. The minimum Gasteiger partial charge on any atom is -0.445 e. The van der Waals surface area contributed by atoms with Gasteiger partial charge >= 0.3 is 0 Å². The molecule has 18 heavy (non-hydrogen) atoms. The summed E-state index contributed by atoms with van der Waals surface area (Å²) in [5.41, 5.74) is 6.01. The number of hydrogen-bond acceptors (Lipinski definition) is 5. The Labute approximate surface area is 105 Å². The van der Waals surface area contributed by atoms with Gasteiger partial charge in [-0.15, -0.1) is 0 Å². The Morgan fingerprint density at radius 3 is 2.56 bits per heavy atom. The zero-order valence-corrected chi connectivity index (χ0v) is 10.6. The van der Waals surface area contributed by atoms with Crippen LogP contribution in [0.15, 0.2) is 39.8 Å². The lowest BCUT2D eigenvalue weighted by Gasteiger charge is -2.04. The Kier molecular flexibility index (Phi) is 3.35. The minimum atomic E-state index is -3.57. The maximum Gasteiger partial charge on any atom is 0.241 e. The molecule has 2 rings (SSSR count). The van der Waals surface area contributed by atoms with Gasteiger partial charge < -0.3 is 10.2 Å². The van der Waals surface area contributed by atoms with Crippen molar-refractivity contribution >= 4 is 15.7 Å². The normalized spacial score (nSPS) is 11.6. The lowest BCUT2D eigenvalue weighted by Crippen LogP contribution is -2.23. The number of rotatable bonds is 4. The van der Waals surface area contributed by atoms with Gasteiger partial charge in [0.05, 0.1) is 17.6 Å². The van der Waals surface area contributed by atoms with E-state index < -0.39 is 10.0 Å². The molecule has 1 aromatic heterocycles. The molecule has 0 aliphatic rings. The summed E-state index contributed by atoms with van der Waals surface area (Å²) >= 11 is 0. The first kappa shape index (κ1) is 12.6. The second-order valence-corrected chi connectivity index (χ2v) is 5.53. The summed E-state index contributed by atoms with van der Waals surface area (Å²) in [6, 6.07) is 5.95. The number of nitrogens with two attached hydrogens (primary N) is 1. The van der Waals surface area contributed by atoms with E-state index in [1.165, 1.54) is 30.5 Å². The van der Waals surface area contributed by atoms with Gasteiger partial charge in [-0.05, 0) is 31.2 Å². The Morgan fingerprint density at radius 1 is 1.33 bits per heavy atom. The van der Waals surface area contributed by atoms with Gasteiger partial charge in [0.2, 0.25) is 15.9 Å². The zero-order valence-electron chi connectivity index (χ0n) is 9.75. The molecule has 0 aliphatic heterocycles. The third-order valence-corrected chi connectivity index (χ3v) is 3.69. The number of nitrogens with one attached hydrogen (secondary N) is 1. The fourth-order valence-corrected chi connectivity index (χ4v) is 2.34. The van der Waals surface area contributed by atoms with Crippen molar-refractivity contribution in [2.75, 3.05) is 5.73 Å². The molecular weight excluding hydrogens is 254 g/mol. The van der Waals surface area contributed by atoms with Crippen molar-refractivity contribution in [3.8, 4) is 0 Å². The summed E-state index contributed by atoms with van der Waals surface area (Å²) in [5, 5.41) is 0. The highest BCUT2D eigenvalue weighted by Gasteiger charge is 2.14. The summed E-state index contributed by atoms with van der Waals surface area (Å²) in [7, 11) is -3.57. The second-order valence-electron chi connectivity index (χ2n) is 3.76. The van der Waals surface area contributed by atoms with E-state index in [1.54, 1.807) is 6.92 Å². The van der Waals surface area contributed by atoms with Crippen LogP contribution in [0.5, 0.6) is 0 Å². The SMILES string of the molecule is Cc1cnc(CNS(=O)(=O)c2ccc(N)cc2)o1. The molecule has 0 amide bonds. The van der Waals surface area contributed by atoms with Crippen molar-refractivity contribution < 1.29 is 12.8 Å². The predicted molar refractivity (Wildman–Crippen MR) is 66.1 cm³/mol. The first-order valence-electron chi connectivity index (χ1n) is 5.24. The number of nitrogens with zero attached hydrogens (tertiary/aromatic N) is 1. The van der Waals surface area contributed by atoms with Crippen LogP contribution in [0.1, 0.15) is 11.7 Å². The maximum atomic E-state index is 11.9. The van der Waals surface area contributed by atoms with E-state index in [9.17, 15) is 8.42 Å². The van der Waals surface area contributed by atoms with Gasteiger partial charge in [0, 0.05) is 5.69 Å². The number of anilines is 1. The van der Waals surface area contributed by atoms with Crippen LogP contribution in [-0.2, 0) is 16.6 Å². The summed E-state index contributed by atoms with van der Waals surface area (Å²) < 4.78 is 31.4. The van der Waals surface area contributed by atoms with Crippen LogP contribution in [0.2, 0.25) is 0 Å². The van der Waals surface area contributed by atoms with Gasteiger partial charge in [-0.25, -0.2) is 18.1 Å². The second kappa shape index (κ2) is 4.79. The van der Waals surface area contributed by atoms with Gasteiger partial charge in [0.25, 0.3) is 0 Å². The maximum absolute atomic E-state index is 11.9. The Balaban J connectivity index is 2.10. The van der Waals surface area contributed by atoms with Crippen LogP contribution in [-0.4, -0.2) is 13.4 Å². The van der Waals surface area contributed by atoms with E-state index in [-0.39, 0.29) is 11.4 Å². The number of nitrogen functional groups attached to an aromatic ring is 1. The third-order valence-electron chi connectivity index (χ3n) is 2.27. The number of benzene rings is 1. The molecule has 3 N–H and O–H groups in total. The number of sulfonamides is 1. The van der Waals surface area contributed by atoms with Gasteiger partial charge in [-0.2, -0.15) is 0 Å². The molecule has 0 bridgehead atoms. The molecule has 0 atom stereocenters. The molecular formula is C11H13N3O3S. The Bertz CT molecular complexity index is 632. The monoisotopic (exact) mass is 267 g/mol. The van der Waals surface area contributed by atoms with Crippen molar-refractivity contribution in [3.63, 3.8) is 0 Å². The molecule has 96 valence electrons. The summed E-state index contributed by atoms with van der Waals surface area (Å²) in [6.07, 6.45) is 1.53. The van der Waals surface area contributed by atoms with Gasteiger partial charge in [-0.3, -0.25) is 0 Å². The highest BCUT2D eigenvalue weighted by atomic mass is 32.2. The Morgan fingerprint density at radius 2 is 2.00 bits per heavy atom. The van der Waals surface area contributed by atoms with E-state index >= 15 is 0 Å². The third kappa shape index (κ3) is 2.88. The number of aromatic nitrogens is 1. The standard InChI is InChI=1S/C11H13N3O3S/c1-8-6-13-11(17-8)7-14-18(15,16)10-4-2-9(12)3-5-10/h2-6,14H,7,12H2,1H3. The molecule has 0 saturated carbocycles. The molecule has 0 spiro atoms. The molecule has 1 aromatic carbocycles. The summed E-state index contributed by atoms with van der Waals surface area (Å²) in [4.78, 5) is 4.07. The smallest absolute Gasteiger partial charge is 0.241 e. The number of aryl methyl sites for hydroxylation is 1. The van der Waals surface area contributed by atoms with Crippen LogP contribution in [0.3, 0.4) is 0 Å². The van der Waals surface area contributed by atoms with E-state index in [2.05, 4.69) is 9.71 Å². The fraction of sp³-hybridized carbons (Fsp3) is 0.182. The van der Waals surface area contributed by atoms with Gasteiger partial charge in [-0.1, -0.05) is 0 Å². The quantitative estimate of drug-likeness (QED) is 0.807. The van der Waals surface area contributed by atoms with Crippen molar-refractivity contribution in [2.45, 2.75) is 18.4 Å². The van der Waals surface area contributed by atoms with Crippen LogP contribution in [0.4, 0.5) is 5.69 Å². The van der Waals surface area contributed by atoms with E-state index in [4.69, 9.17) is 10.2 Å². The summed E-state index contributed by atoms with van der Waals surface area (Å²) in [5.74, 6) is 0.961. The highest BCUT2D eigenvalue weighted by molar-refractivity contribution is 7.89. The molecule has 0 fully saturated rings. The van der Waals surface area contributed by atoms with Gasteiger partial charge in [0.1, 0.15) is 5.76 Å². The van der Waals surface area contributed by atoms with Gasteiger partial charge in [0.15, 0.2) is 0 Å². The highest BCUT2D eigenvalue weighted by Crippen LogP contribution is 2.12. The summed E-state index contributed by atoms with van der Waals surface area (Å²) in [6.45, 7) is 1.76. The zero-order chi connectivity index (χ0) is 13.2. The lowest BCUT2D eigenvalue weighted by molar-refractivity contribution is 0.463. The van der Waals surface area contributed by atoms with E-state index in [1.807, 2.05) is 0 Å². The molecule has 6 nitrogen and oxygen atoms in total. The van der Waals surface area contributed by atoms with E-state index in [0.29, 0.717) is 17.3 Å². The average Bonchev–Trinajstić information content (AvgIpc) is 2.73. The number of hydrogen-bond donors (Lipinski definition) is 2. The van der Waals surface area contributed by atoms with Crippen LogP contribution in [0.25, 0.3) is 0 Å². The predicted octanol–water partition coefficient (Wildman–Crippen LogP) is 1.04. The number of oxazole rings is 1. The van der Waals surface area contributed by atoms with Crippen LogP contribution >= 0.6 is 0 Å².